The Morgan fingerprint density at radius 3 is 2.52 bits per heavy atom. The van der Waals surface area contributed by atoms with Gasteiger partial charge in [-0.25, -0.2) is 0 Å². The third kappa shape index (κ3) is 7.02. The molecule has 0 heterocycles. The lowest BCUT2D eigenvalue weighted by molar-refractivity contribution is -0.122. The molecule has 118 valence electrons. The number of hydrogen-bond donors (Lipinski definition) is 2. The predicted molar refractivity (Wildman–Crippen MR) is 87.4 cm³/mol. The van der Waals surface area contributed by atoms with Crippen LogP contribution in [0.15, 0.2) is 18.2 Å². The summed E-state index contributed by atoms with van der Waals surface area (Å²) in [4.78, 5) is 11.8. The van der Waals surface area contributed by atoms with Crippen LogP contribution >= 0.6 is 0 Å². The van der Waals surface area contributed by atoms with Crippen molar-refractivity contribution in [2.24, 2.45) is 5.92 Å². The van der Waals surface area contributed by atoms with E-state index in [0.717, 1.165) is 5.56 Å². The van der Waals surface area contributed by atoms with Gasteiger partial charge in [-0.05, 0) is 50.8 Å². The average molecular weight is 292 g/mol. The first-order chi connectivity index (χ1) is 9.67. The lowest BCUT2D eigenvalue weighted by Crippen LogP contribution is -2.40. The zero-order chi connectivity index (χ0) is 16.0. The minimum absolute atomic E-state index is 0.0567. The number of nitrogen functional groups attached to an aromatic ring is 1. The van der Waals surface area contributed by atoms with Gasteiger partial charge in [0.2, 0.25) is 5.91 Å². The molecule has 1 rings (SSSR count). The quantitative estimate of drug-likeness (QED) is 0.792. The van der Waals surface area contributed by atoms with E-state index in [9.17, 15) is 4.79 Å². The van der Waals surface area contributed by atoms with Gasteiger partial charge in [0.15, 0.2) is 0 Å². The summed E-state index contributed by atoms with van der Waals surface area (Å²) in [5.41, 5.74) is 7.48. The number of nitrogens with two attached hydrogens (primary N) is 1. The summed E-state index contributed by atoms with van der Waals surface area (Å²) in [5, 5.41) is 2.95. The highest BCUT2D eigenvalue weighted by Gasteiger charge is 2.13. The summed E-state index contributed by atoms with van der Waals surface area (Å²) >= 11 is 0. The van der Waals surface area contributed by atoms with Crippen molar-refractivity contribution in [3.8, 4) is 5.75 Å². The molecule has 0 saturated heterocycles. The van der Waals surface area contributed by atoms with Gasteiger partial charge in [-0.15, -0.1) is 0 Å². The Labute approximate surface area is 128 Å². The van der Waals surface area contributed by atoms with Crippen molar-refractivity contribution in [2.45, 2.75) is 53.0 Å². The van der Waals surface area contributed by atoms with Crippen LogP contribution < -0.4 is 15.8 Å². The van der Waals surface area contributed by atoms with Gasteiger partial charge in [0.1, 0.15) is 5.75 Å². The van der Waals surface area contributed by atoms with E-state index in [1.807, 2.05) is 39.0 Å². The highest BCUT2D eigenvalue weighted by molar-refractivity contribution is 5.77. The van der Waals surface area contributed by atoms with Crippen LogP contribution in [0.4, 0.5) is 5.69 Å². The minimum atomic E-state index is -0.190. The van der Waals surface area contributed by atoms with E-state index in [2.05, 4.69) is 19.2 Å². The smallest absolute Gasteiger partial charge is 0.220 e. The zero-order valence-corrected chi connectivity index (χ0v) is 13.8. The second kappa shape index (κ2) is 7.34. The molecule has 0 aliphatic carbocycles. The molecular formula is C17H28N2O2. The highest BCUT2D eigenvalue weighted by Crippen LogP contribution is 2.23. The molecule has 1 amide bonds. The maximum Gasteiger partial charge on any atom is 0.220 e. The summed E-state index contributed by atoms with van der Waals surface area (Å²) in [6.45, 7) is 10.8. The van der Waals surface area contributed by atoms with Gasteiger partial charge in [-0.1, -0.05) is 19.9 Å². The van der Waals surface area contributed by atoms with E-state index in [1.54, 1.807) is 0 Å². The first-order valence-electron chi connectivity index (χ1n) is 7.49. The number of carbonyl (C=O) groups is 1. The Kier molecular flexibility index (Phi) is 6.06. The molecule has 1 aromatic carbocycles. The van der Waals surface area contributed by atoms with E-state index in [1.165, 1.54) is 0 Å². The van der Waals surface area contributed by atoms with Crippen LogP contribution in [-0.4, -0.2) is 18.1 Å². The third-order valence-electron chi connectivity index (χ3n) is 2.80. The van der Waals surface area contributed by atoms with Crippen molar-refractivity contribution >= 4 is 11.6 Å². The number of benzene rings is 1. The molecule has 0 radical (unpaired) electrons. The molecule has 3 N–H and O–H groups in total. The fourth-order valence-electron chi connectivity index (χ4n) is 1.88. The normalized spacial score (nSPS) is 11.5. The average Bonchev–Trinajstić information content (AvgIpc) is 2.33. The minimum Gasteiger partial charge on any atom is -0.491 e. The van der Waals surface area contributed by atoms with Crippen LogP contribution in [0, 0.1) is 5.92 Å². The first kappa shape index (κ1) is 17.3. The Balaban J connectivity index is 2.54. The van der Waals surface area contributed by atoms with E-state index < -0.39 is 0 Å². The number of nitrogens with one attached hydrogen (secondary N) is 1. The Hall–Kier alpha value is -1.71. The fourth-order valence-corrected chi connectivity index (χ4v) is 1.88. The molecule has 0 atom stereocenters. The van der Waals surface area contributed by atoms with Crippen LogP contribution in [0.3, 0.4) is 0 Å². The van der Waals surface area contributed by atoms with Crippen molar-refractivity contribution in [2.75, 3.05) is 12.3 Å². The van der Waals surface area contributed by atoms with Gasteiger partial charge in [-0.2, -0.15) is 0 Å². The molecule has 4 heteroatoms. The molecule has 1 aromatic rings. The number of aryl methyl sites for hydroxylation is 1. The Morgan fingerprint density at radius 2 is 2.00 bits per heavy atom. The summed E-state index contributed by atoms with van der Waals surface area (Å²) in [7, 11) is 0. The SMILES string of the molecule is CC(C)COc1ccc(CCC(=O)NC(C)(C)C)cc1N. The molecule has 0 spiro atoms. The predicted octanol–water partition coefficient (Wildman–Crippen LogP) is 3.15. The van der Waals surface area contributed by atoms with Crippen LogP contribution in [-0.2, 0) is 11.2 Å². The number of anilines is 1. The van der Waals surface area contributed by atoms with Gasteiger partial charge < -0.3 is 15.8 Å². The molecule has 21 heavy (non-hydrogen) atoms. The Bertz CT molecular complexity index is 476. The molecule has 0 unspecified atom stereocenters. The van der Waals surface area contributed by atoms with Gasteiger partial charge >= 0.3 is 0 Å². The van der Waals surface area contributed by atoms with Crippen molar-refractivity contribution < 1.29 is 9.53 Å². The number of ether oxygens (including phenoxy) is 1. The number of hydrogen-bond acceptors (Lipinski definition) is 3. The van der Waals surface area contributed by atoms with Crippen LogP contribution in [0.2, 0.25) is 0 Å². The molecule has 0 bridgehead atoms. The second-order valence-corrected chi connectivity index (χ2v) is 6.88. The lowest BCUT2D eigenvalue weighted by atomic mass is 10.1. The monoisotopic (exact) mass is 292 g/mol. The third-order valence-corrected chi connectivity index (χ3v) is 2.80. The number of rotatable bonds is 6. The van der Waals surface area contributed by atoms with Crippen LogP contribution in [0.5, 0.6) is 5.75 Å². The molecular weight excluding hydrogens is 264 g/mol. The molecule has 0 saturated carbocycles. The molecule has 0 fully saturated rings. The van der Waals surface area contributed by atoms with Gasteiger partial charge in [-0.3, -0.25) is 4.79 Å². The van der Waals surface area contributed by atoms with E-state index >= 15 is 0 Å². The first-order valence-corrected chi connectivity index (χ1v) is 7.49. The topological polar surface area (TPSA) is 64.3 Å². The fraction of sp³-hybridized carbons (Fsp3) is 0.588. The van der Waals surface area contributed by atoms with Crippen molar-refractivity contribution in [3.63, 3.8) is 0 Å². The zero-order valence-electron chi connectivity index (χ0n) is 13.8. The van der Waals surface area contributed by atoms with E-state index in [4.69, 9.17) is 10.5 Å². The van der Waals surface area contributed by atoms with Gasteiger partial charge in [0.05, 0.1) is 12.3 Å². The highest BCUT2D eigenvalue weighted by atomic mass is 16.5. The number of carbonyl (C=O) groups excluding carboxylic acids is 1. The number of amides is 1. The maximum atomic E-state index is 11.8. The molecule has 0 aliphatic rings. The Morgan fingerprint density at radius 1 is 1.33 bits per heavy atom. The summed E-state index contributed by atoms with van der Waals surface area (Å²) in [6.07, 6.45) is 1.14. The van der Waals surface area contributed by atoms with Gasteiger partial charge in [0.25, 0.3) is 0 Å². The molecule has 0 aliphatic heterocycles. The van der Waals surface area contributed by atoms with Crippen molar-refractivity contribution in [1.82, 2.24) is 5.32 Å². The van der Waals surface area contributed by atoms with Crippen LogP contribution in [0.25, 0.3) is 0 Å². The molecule has 4 nitrogen and oxygen atoms in total. The lowest BCUT2D eigenvalue weighted by Gasteiger charge is -2.20. The summed E-state index contributed by atoms with van der Waals surface area (Å²) in [5.74, 6) is 1.23. The van der Waals surface area contributed by atoms with Crippen molar-refractivity contribution in [3.05, 3.63) is 23.8 Å². The summed E-state index contributed by atoms with van der Waals surface area (Å²) < 4.78 is 5.64. The maximum absolute atomic E-state index is 11.8. The van der Waals surface area contributed by atoms with Crippen LogP contribution in [0.1, 0.15) is 46.6 Å². The summed E-state index contributed by atoms with van der Waals surface area (Å²) in [6, 6.07) is 5.74. The standard InChI is InChI=1S/C17H28N2O2/c1-12(2)11-21-15-8-6-13(10-14(15)18)7-9-16(20)19-17(3,4)5/h6,8,10,12H,7,9,11,18H2,1-5H3,(H,19,20). The molecule has 0 aromatic heterocycles. The second-order valence-electron chi connectivity index (χ2n) is 6.88. The van der Waals surface area contributed by atoms with E-state index in [-0.39, 0.29) is 11.4 Å². The largest absolute Gasteiger partial charge is 0.491 e. The van der Waals surface area contributed by atoms with E-state index in [0.29, 0.717) is 36.8 Å². The van der Waals surface area contributed by atoms with Gasteiger partial charge in [0, 0.05) is 12.0 Å². The van der Waals surface area contributed by atoms with Crippen molar-refractivity contribution in [1.29, 1.82) is 0 Å².